The molecule has 0 radical (unpaired) electrons. The number of fused-ring (bicyclic) bond motifs is 1. The Labute approximate surface area is 244 Å². The smallest absolute Gasteiger partial charge is 0.199 e. The first-order valence-corrected chi connectivity index (χ1v) is 14.6. The van der Waals surface area contributed by atoms with E-state index in [1.165, 1.54) is 12.1 Å². The highest BCUT2D eigenvalue weighted by Crippen LogP contribution is 2.46. The minimum absolute atomic E-state index is 0.167. The lowest BCUT2D eigenvalue weighted by Crippen LogP contribution is -2.49. The quantitative estimate of drug-likeness (QED) is 0.312. The Morgan fingerprint density at radius 3 is 2.49 bits per heavy atom. The molecule has 0 spiro atoms. The van der Waals surface area contributed by atoms with E-state index in [2.05, 4.69) is 4.90 Å². The molecular weight excluding hydrogens is 548 g/mol. The summed E-state index contributed by atoms with van der Waals surface area (Å²) in [5.74, 6) is 1.86. The van der Waals surface area contributed by atoms with Crippen molar-refractivity contribution >= 4 is 22.9 Å². The fraction of sp³-hybridized carbons (Fsp3) is 0.394. The van der Waals surface area contributed by atoms with Gasteiger partial charge in [-0.2, -0.15) is 0 Å². The number of rotatable bonds is 9. The van der Waals surface area contributed by atoms with Crippen LogP contribution in [0.15, 0.2) is 82.6 Å². The molecule has 2 saturated heterocycles. The number of ether oxygens (including phenoxy) is 4. The molecule has 3 heterocycles. The van der Waals surface area contributed by atoms with Crippen LogP contribution < -0.4 is 4.74 Å². The van der Waals surface area contributed by atoms with Crippen LogP contribution in [0.4, 0.5) is 8.78 Å². The molecule has 8 heteroatoms. The van der Waals surface area contributed by atoms with Gasteiger partial charge in [0.15, 0.2) is 6.29 Å². The Morgan fingerprint density at radius 1 is 1.02 bits per heavy atom. The molecule has 41 heavy (non-hydrogen) atoms. The minimum Gasteiger partial charge on any atom is -0.492 e. The molecule has 2 fully saturated rings. The van der Waals surface area contributed by atoms with Gasteiger partial charge in [0.2, 0.25) is 0 Å². The summed E-state index contributed by atoms with van der Waals surface area (Å²) in [4.78, 5) is 2.19. The van der Waals surface area contributed by atoms with Gasteiger partial charge in [-0.15, -0.1) is 0 Å². The van der Waals surface area contributed by atoms with Crippen molar-refractivity contribution in [2.75, 3.05) is 39.5 Å². The van der Waals surface area contributed by atoms with Crippen molar-refractivity contribution in [1.82, 2.24) is 4.90 Å². The maximum atomic E-state index is 13.9. The molecule has 0 N–H and O–H groups in total. The second-order valence-electron chi connectivity index (χ2n) is 10.9. The molecule has 0 bridgehead atoms. The van der Waals surface area contributed by atoms with Crippen LogP contribution in [0.5, 0.6) is 5.75 Å². The average Bonchev–Trinajstić information content (AvgIpc) is 2.97. The average molecular weight is 582 g/mol. The number of halogens is 3. The van der Waals surface area contributed by atoms with Gasteiger partial charge in [0, 0.05) is 48.7 Å². The molecule has 2 unspecified atom stereocenters. The van der Waals surface area contributed by atoms with Crippen LogP contribution in [0.1, 0.15) is 37.3 Å². The lowest BCUT2D eigenvalue weighted by molar-refractivity contribution is -0.136. The van der Waals surface area contributed by atoms with Crippen LogP contribution in [0, 0.1) is 11.7 Å². The van der Waals surface area contributed by atoms with Crippen LogP contribution in [-0.2, 0) is 14.2 Å². The number of benzene rings is 2. The van der Waals surface area contributed by atoms with Gasteiger partial charge >= 0.3 is 0 Å². The van der Waals surface area contributed by atoms with E-state index in [1.54, 1.807) is 12.1 Å². The standard InChI is InChI=1S/C33H34ClF2NO4/c1-21-30(23-5-9-25(36)10-6-23)33(24-7-11-26(12-8-24)38-17-15-37-19-22(18-35)20-37)41-27-13-14-28(32(34)31(21)27)40-29-4-2-3-16-39-29/h5-14,22,27,29H,2-4,15-20H2,1H3. The number of hydrogen-bond acceptors (Lipinski definition) is 5. The summed E-state index contributed by atoms with van der Waals surface area (Å²) in [6, 6.07) is 14.2. The van der Waals surface area contributed by atoms with Crippen molar-refractivity contribution in [2.45, 2.75) is 38.6 Å². The van der Waals surface area contributed by atoms with E-state index in [9.17, 15) is 8.78 Å². The van der Waals surface area contributed by atoms with Crippen molar-refractivity contribution in [3.63, 3.8) is 0 Å². The van der Waals surface area contributed by atoms with Crippen molar-refractivity contribution in [3.8, 4) is 5.75 Å². The van der Waals surface area contributed by atoms with Gasteiger partial charge in [-0.05, 0) is 79.5 Å². The predicted octanol–water partition coefficient (Wildman–Crippen LogP) is 7.25. The van der Waals surface area contributed by atoms with Gasteiger partial charge in [0.05, 0.1) is 18.3 Å². The van der Waals surface area contributed by atoms with Gasteiger partial charge < -0.3 is 18.9 Å². The van der Waals surface area contributed by atoms with Crippen molar-refractivity contribution in [1.29, 1.82) is 0 Å². The number of allylic oxidation sites excluding steroid dienone is 3. The zero-order chi connectivity index (χ0) is 28.3. The Hall–Kier alpha value is -3.13. The highest BCUT2D eigenvalue weighted by molar-refractivity contribution is 6.33. The SMILES string of the molecule is CC1=C2C(Cl)=C(OC3CCCCO3)C=CC2OC(c2ccc(OCCN3CC(CF)C3)cc2)=C1c1ccc(F)cc1. The third kappa shape index (κ3) is 6.08. The molecule has 6 rings (SSSR count). The Kier molecular flexibility index (Phi) is 8.47. The summed E-state index contributed by atoms with van der Waals surface area (Å²) in [5, 5.41) is 0.492. The van der Waals surface area contributed by atoms with E-state index in [1.807, 2.05) is 43.3 Å². The molecule has 0 amide bonds. The lowest BCUT2D eigenvalue weighted by atomic mass is 9.86. The van der Waals surface area contributed by atoms with Gasteiger partial charge in [-0.25, -0.2) is 4.39 Å². The largest absolute Gasteiger partial charge is 0.492 e. The molecule has 0 aromatic heterocycles. The molecular formula is C33H34ClF2NO4. The van der Waals surface area contributed by atoms with Gasteiger partial charge in [-0.1, -0.05) is 23.7 Å². The van der Waals surface area contributed by atoms with Gasteiger partial charge in [0.25, 0.3) is 0 Å². The topological polar surface area (TPSA) is 40.2 Å². The number of nitrogens with zero attached hydrogens (tertiary/aromatic N) is 1. The van der Waals surface area contributed by atoms with Crippen molar-refractivity contribution in [2.24, 2.45) is 5.92 Å². The fourth-order valence-corrected chi connectivity index (χ4v) is 6.09. The van der Waals surface area contributed by atoms with Crippen LogP contribution in [0.2, 0.25) is 0 Å². The predicted molar refractivity (Wildman–Crippen MR) is 155 cm³/mol. The highest BCUT2D eigenvalue weighted by Gasteiger charge is 2.34. The lowest BCUT2D eigenvalue weighted by Gasteiger charge is -2.37. The summed E-state index contributed by atoms with van der Waals surface area (Å²) in [6.45, 7) is 5.34. The second-order valence-corrected chi connectivity index (χ2v) is 11.3. The van der Waals surface area contributed by atoms with Crippen LogP contribution in [0.25, 0.3) is 11.3 Å². The summed E-state index contributed by atoms with van der Waals surface area (Å²) in [7, 11) is 0. The molecule has 1 aliphatic carbocycles. The normalized spacial score (nSPS) is 23.3. The first-order chi connectivity index (χ1) is 20.0. The van der Waals surface area contributed by atoms with E-state index in [-0.39, 0.29) is 24.7 Å². The van der Waals surface area contributed by atoms with E-state index in [4.69, 9.17) is 30.5 Å². The number of alkyl halides is 1. The molecule has 3 aliphatic heterocycles. The number of likely N-dealkylation sites (tertiary alicyclic amines) is 1. The monoisotopic (exact) mass is 581 g/mol. The first kappa shape index (κ1) is 28.0. The fourth-order valence-electron chi connectivity index (χ4n) is 5.73. The summed E-state index contributed by atoms with van der Waals surface area (Å²) in [6.07, 6.45) is 5.99. The Balaban J connectivity index is 1.28. The molecule has 216 valence electrons. The van der Waals surface area contributed by atoms with E-state index in [0.29, 0.717) is 29.8 Å². The maximum Gasteiger partial charge on any atom is 0.199 e. The molecule has 2 atom stereocenters. The zero-order valence-electron chi connectivity index (χ0n) is 23.1. The van der Waals surface area contributed by atoms with Crippen LogP contribution in [0.3, 0.4) is 0 Å². The maximum absolute atomic E-state index is 13.9. The Morgan fingerprint density at radius 2 is 1.78 bits per heavy atom. The summed E-state index contributed by atoms with van der Waals surface area (Å²) >= 11 is 6.95. The molecule has 2 aromatic rings. The molecule has 4 aliphatic rings. The number of hydrogen-bond donors (Lipinski definition) is 0. The van der Waals surface area contributed by atoms with Crippen molar-refractivity contribution < 1.29 is 27.7 Å². The van der Waals surface area contributed by atoms with Gasteiger partial charge in [-0.3, -0.25) is 9.29 Å². The molecule has 5 nitrogen and oxygen atoms in total. The third-order valence-corrected chi connectivity index (χ3v) is 8.37. The van der Waals surface area contributed by atoms with Crippen molar-refractivity contribution in [3.05, 3.63) is 99.6 Å². The molecule has 0 saturated carbocycles. The Bertz CT molecular complexity index is 1370. The second kappa shape index (κ2) is 12.4. The van der Waals surface area contributed by atoms with Crippen LogP contribution >= 0.6 is 11.6 Å². The van der Waals surface area contributed by atoms with E-state index in [0.717, 1.165) is 72.5 Å². The summed E-state index contributed by atoms with van der Waals surface area (Å²) < 4.78 is 51.0. The molecule has 2 aromatic carbocycles. The van der Waals surface area contributed by atoms with Gasteiger partial charge in [0.1, 0.15) is 35.8 Å². The zero-order valence-corrected chi connectivity index (χ0v) is 23.8. The van der Waals surface area contributed by atoms with E-state index >= 15 is 0 Å². The van der Waals surface area contributed by atoms with Crippen LogP contribution in [-0.4, -0.2) is 56.8 Å². The third-order valence-electron chi connectivity index (χ3n) is 7.98. The highest BCUT2D eigenvalue weighted by atomic mass is 35.5. The minimum atomic E-state index is -0.401. The van der Waals surface area contributed by atoms with E-state index < -0.39 is 6.10 Å². The summed E-state index contributed by atoms with van der Waals surface area (Å²) in [5.41, 5.74) is 4.29. The first-order valence-electron chi connectivity index (χ1n) is 14.3.